The highest BCUT2D eigenvalue weighted by molar-refractivity contribution is 7.14. The third-order valence-electron chi connectivity index (χ3n) is 3.20. The Hall–Kier alpha value is -2.40. The highest BCUT2D eigenvalue weighted by Gasteiger charge is 2.11. The lowest BCUT2D eigenvalue weighted by atomic mass is 10.2. The Morgan fingerprint density at radius 3 is 2.95 bits per heavy atom. The second-order valence-corrected chi connectivity index (χ2v) is 5.90. The zero-order valence-electron chi connectivity index (χ0n) is 11.4. The quantitative estimate of drug-likeness (QED) is 0.794. The van der Waals surface area contributed by atoms with E-state index in [9.17, 15) is 4.79 Å². The molecule has 0 unspecified atom stereocenters. The van der Waals surface area contributed by atoms with Crippen LogP contribution in [0.4, 0.5) is 0 Å². The van der Waals surface area contributed by atoms with Crippen LogP contribution < -0.4 is 4.74 Å². The first-order valence-electron chi connectivity index (χ1n) is 6.43. The molecule has 0 amide bonds. The largest absolute Gasteiger partial charge is 0.489 e. The van der Waals surface area contributed by atoms with Crippen molar-refractivity contribution >= 4 is 28.2 Å². The number of rotatable bonds is 4. The topological polar surface area (TPSA) is 59.4 Å². The number of carboxylic acid groups (broad SMARTS) is 1. The van der Waals surface area contributed by atoms with E-state index in [1.165, 1.54) is 11.3 Å². The minimum Gasteiger partial charge on any atom is -0.489 e. The van der Waals surface area contributed by atoms with Crippen molar-refractivity contribution in [1.29, 1.82) is 0 Å². The average Bonchev–Trinajstić information content (AvgIpc) is 2.86. The number of hydrogen-bond acceptors (Lipinski definition) is 4. The van der Waals surface area contributed by atoms with Crippen LogP contribution >= 0.6 is 11.3 Å². The Balaban J connectivity index is 1.78. The van der Waals surface area contributed by atoms with Crippen molar-refractivity contribution in [3.05, 3.63) is 57.9 Å². The molecule has 0 fully saturated rings. The first kappa shape index (κ1) is 13.6. The van der Waals surface area contributed by atoms with Crippen molar-refractivity contribution in [2.45, 2.75) is 13.5 Å². The predicted octanol–water partition coefficient (Wildman–Crippen LogP) is 3.88. The summed E-state index contributed by atoms with van der Waals surface area (Å²) in [5.41, 5.74) is 1.78. The van der Waals surface area contributed by atoms with Crippen molar-refractivity contribution in [2.24, 2.45) is 0 Å². The number of fused-ring (bicyclic) bond motifs is 1. The zero-order valence-corrected chi connectivity index (χ0v) is 12.2. The van der Waals surface area contributed by atoms with Crippen LogP contribution in [0.3, 0.4) is 0 Å². The highest BCUT2D eigenvalue weighted by atomic mass is 32.1. The van der Waals surface area contributed by atoms with Gasteiger partial charge in [0, 0.05) is 28.1 Å². The lowest BCUT2D eigenvalue weighted by Gasteiger charge is -2.06. The van der Waals surface area contributed by atoms with E-state index in [2.05, 4.69) is 4.98 Å². The second-order valence-electron chi connectivity index (χ2n) is 4.64. The molecule has 106 valence electrons. The minimum atomic E-state index is -0.899. The van der Waals surface area contributed by atoms with Gasteiger partial charge in [0.2, 0.25) is 0 Å². The molecule has 0 atom stereocenters. The molecule has 5 heteroatoms. The number of pyridine rings is 1. The fraction of sp³-hybridized carbons (Fsp3) is 0.125. The summed E-state index contributed by atoms with van der Waals surface area (Å²) in [6.45, 7) is 2.26. The van der Waals surface area contributed by atoms with E-state index >= 15 is 0 Å². The van der Waals surface area contributed by atoms with Crippen LogP contribution in [-0.4, -0.2) is 16.1 Å². The highest BCUT2D eigenvalue weighted by Crippen LogP contribution is 2.24. The smallest absolute Gasteiger partial charge is 0.345 e. The lowest BCUT2D eigenvalue weighted by Crippen LogP contribution is -1.96. The first-order chi connectivity index (χ1) is 10.1. The number of hydrogen-bond donors (Lipinski definition) is 1. The molecule has 3 rings (SSSR count). The van der Waals surface area contributed by atoms with Gasteiger partial charge in [0.1, 0.15) is 17.2 Å². The van der Waals surface area contributed by atoms with Crippen LogP contribution in [0, 0.1) is 6.92 Å². The molecule has 3 aromatic rings. The van der Waals surface area contributed by atoms with E-state index in [4.69, 9.17) is 9.84 Å². The van der Waals surface area contributed by atoms with E-state index in [1.807, 2.05) is 37.3 Å². The number of nitrogens with zero attached hydrogens (tertiary/aromatic N) is 1. The average molecular weight is 299 g/mol. The molecule has 4 nitrogen and oxygen atoms in total. The van der Waals surface area contributed by atoms with E-state index in [-0.39, 0.29) is 0 Å². The third kappa shape index (κ3) is 2.87. The number of aromatic carboxylic acids is 1. The molecule has 0 spiro atoms. The van der Waals surface area contributed by atoms with Gasteiger partial charge in [-0.3, -0.25) is 4.98 Å². The molecular formula is C16H13NO3S. The Bertz CT molecular complexity index is 810. The van der Waals surface area contributed by atoms with Gasteiger partial charge in [0.05, 0.1) is 5.52 Å². The number of aromatic nitrogens is 1. The van der Waals surface area contributed by atoms with Crippen molar-refractivity contribution in [3.63, 3.8) is 0 Å². The molecule has 0 aliphatic rings. The molecule has 0 saturated heterocycles. The Labute approximate surface area is 125 Å². The third-order valence-corrected chi connectivity index (χ3v) is 4.28. The van der Waals surface area contributed by atoms with Crippen LogP contribution in [0.15, 0.2) is 42.6 Å². The molecule has 0 bridgehead atoms. The summed E-state index contributed by atoms with van der Waals surface area (Å²) in [7, 11) is 0. The summed E-state index contributed by atoms with van der Waals surface area (Å²) in [5.74, 6) is -0.173. The van der Waals surface area contributed by atoms with Crippen LogP contribution in [-0.2, 0) is 6.61 Å². The fourth-order valence-electron chi connectivity index (χ4n) is 2.07. The van der Waals surface area contributed by atoms with Gasteiger partial charge >= 0.3 is 5.97 Å². The monoisotopic (exact) mass is 299 g/mol. The van der Waals surface area contributed by atoms with Crippen LogP contribution in [0.2, 0.25) is 0 Å². The molecule has 21 heavy (non-hydrogen) atoms. The van der Waals surface area contributed by atoms with Gasteiger partial charge in [-0.2, -0.15) is 0 Å². The summed E-state index contributed by atoms with van der Waals surface area (Å²) >= 11 is 1.27. The summed E-state index contributed by atoms with van der Waals surface area (Å²) in [5, 5.41) is 10.0. The zero-order chi connectivity index (χ0) is 14.8. The Kier molecular flexibility index (Phi) is 3.58. The SMILES string of the molecule is Cc1sc(C(=O)O)cc1COc1ccc2cccnc2c1. The van der Waals surface area contributed by atoms with Gasteiger partial charge in [-0.1, -0.05) is 6.07 Å². The van der Waals surface area contributed by atoms with Gasteiger partial charge in [-0.15, -0.1) is 11.3 Å². The van der Waals surface area contributed by atoms with E-state index in [0.29, 0.717) is 11.5 Å². The molecule has 1 N–H and O–H groups in total. The number of benzene rings is 1. The van der Waals surface area contributed by atoms with E-state index < -0.39 is 5.97 Å². The maximum atomic E-state index is 10.9. The lowest BCUT2D eigenvalue weighted by molar-refractivity contribution is 0.0702. The summed E-state index contributed by atoms with van der Waals surface area (Å²) in [6.07, 6.45) is 1.74. The maximum Gasteiger partial charge on any atom is 0.345 e. The summed E-state index contributed by atoms with van der Waals surface area (Å²) < 4.78 is 5.75. The van der Waals surface area contributed by atoms with Crippen molar-refractivity contribution in [1.82, 2.24) is 4.98 Å². The number of carboxylic acids is 1. The van der Waals surface area contributed by atoms with Gasteiger partial charge in [-0.05, 0) is 31.2 Å². The predicted molar refractivity (Wildman–Crippen MR) is 82.1 cm³/mol. The van der Waals surface area contributed by atoms with Gasteiger partial charge in [0.25, 0.3) is 0 Å². The van der Waals surface area contributed by atoms with Crippen molar-refractivity contribution in [2.75, 3.05) is 0 Å². The van der Waals surface area contributed by atoms with Gasteiger partial charge in [-0.25, -0.2) is 4.79 Å². The first-order valence-corrected chi connectivity index (χ1v) is 7.25. The molecule has 0 saturated carbocycles. The summed E-state index contributed by atoms with van der Waals surface area (Å²) in [6, 6.07) is 11.3. The minimum absolute atomic E-state index is 0.339. The number of ether oxygens (including phenoxy) is 1. The standard InChI is InChI=1S/C16H13NO3S/c1-10-12(7-15(21-10)16(18)19)9-20-13-5-4-11-3-2-6-17-14(11)8-13/h2-8H,9H2,1H3,(H,18,19). The normalized spacial score (nSPS) is 10.7. The molecule has 0 aliphatic heterocycles. The fourth-order valence-corrected chi connectivity index (χ4v) is 2.93. The van der Waals surface area contributed by atoms with E-state index in [0.717, 1.165) is 27.1 Å². The van der Waals surface area contributed by atoms with Crippen LogP contribution in [0.1, 0.15) is 20.1 Å². The van der Waals surface area contributed by atoms with Crippen LogP contribution in [0.5, 0.6) is 5.75 Å². The van der Waals surface area contributed by atoms with Gasteiger partial charge in [0.15, 0.2) is 0 Å². The molecule has 0 radical (unpaired) electrons. The number of aryl methyl sites for hydroxylation is 1. The molecule has 2 heterocycles. The van der Waals surface area contributed by atoms with Crippen molar-refractivity contribution < 1.29 is 14.6 Å². The number of carbonyl (C=O) groups is 1. The molecule has 0 aliphatic carbocycles. The Morgan fingerprint density at radius 2 is 2.19 bits per heavy atom. The summed E-state index contributed by atoms with van der Waals surface area (Å²) in [4.78, 5) is 16.5. The number of thiophene rings is 1. The van der Waals surface area contributed by atoms with Crippen molar-refractivity contribution in [3.8, 4) is 5.75 Å². The Morgan fingerprint density at radius 1 is 1.33 bits per heavy atom. The van der Waals surface area contributed by atoms with Gasteiger partial charge < -0.3 is 9.84 Å². The maximum absolute atomic E-state index is 10.9. The molecular weight excluding hydrogens is 286 g/mol. The van der Waals surface area contributed by atoms with Crippen LogP contribution in [0.25, 0.3) is 10.9 Å². The van der Waals surface area contributed by atoms with E-state index in [1.54, 1.807) is 12.3 Å². The molecule has 2 aromatic heterocycles. The second kappa shape index (κ2) is 5.54. The molecule has 1 aromatic carbocycles.